The highest BCUT2D eigenvalue weighted by Crippen LogP contribution is 2.20. The molecule has 0 unspecified atom stereocenters. The third kappa shape index (κ3) is 3.76. The van der Waals surface area contributed by atoms with Crippen molar-refractivity contribution in [2.45, 2.75) is 5.16 Å². The first-order chi connectivity index (χ1) is 11.1. The molecule has 122 valence electrons. The Morgan fingerprint density at radius 3 is 2.52 bits per heavy atom. The predicted octanol–water partition coefficient (Wildman–Crippen LogP) is 0.962. The third-order valence-electron chi connectivity index (χ3n) is 3.84. The van der Waals surface area contributed by atoms with E-state index in [0.29, 0.717) is 18.8 Å². The minimum Gasteiger partial charge on any atom is -0.508 e. The van der Waals surface area contributed by atoms with Gasteiger partial charge in [0.1, 0.15) is 12.1 Å². The number of hydrogen-bond donors (Lipinski definition) is 1. The summed E-state index contributed by atoms with van der Waals surface area (Å²) in [6.07, 6.45) is 1.63. The molecule has 3 rings (SSSR count). The fraction of sp³-hybridized carbons (Fsp3) is 0.400. The number of aryl methyl sites for hydroxylation is 1. The van der Waals surface area contributed by atoms with Gasteiger partial charge in [0.2, 0.25) is 5.91 Å². The van der Waals surface area contributed by atoms with Gasteiger partial charge in [0.15, 0.2) is 5.16 Å². The van der Waals surface area contributed by atoms with Crippen molar-refractivity contribution < 1.29 is 9.90 Å². The zero-order chi connectivity index (χ0) is 16.2. The van der Waals surface area contributed by atoms with Crippen molar-refractivity contribution in [2.24, 2.45) is 7.05 Å². The molecular formula is C15H19N5O2S. The summed E-state index contributed by atoms with van der Waals surface area (Å²) < 4.78 is 1.81. The molecule has 1 N–H and O–H groups in total. The maximum atomic E-state index is 12.3. The molecule has 1 aliphatic rings. The minimum atomic E-state index is 0.128. The molecule has 7 nitrogen and oxygen atoms in total. The van der Waals surface area contributed by atoms with Crippen LogP contribution in [0.2, 0.25) is 0 Å². The van der Waals surface area contributed by atoms with E-state index in [1.807, 2.05) is 24.1 Å². The minimum absolute atomic E-state index is 0.128. The van der Waals surface area contributed by atoms with Crippen molar-refractivity contribution in [1.29, 1.82) is 0 Å². The molecule has 1 aromatic heterocycles. The number of phenolic OH excluding ortho intramolecular Hbond substituents is 1. The number of hydrogen-bond acceptors (Lipinski definition) is 6. The summed E-state index contributed by atoms with van der Waals surface area (Å²) in [6, 6.07) is 7.17. The Kier molecular flexibility index (Phi) is 4.71. The van der Waals surface area contributed by atoms with Gasteiger partial charge in [-0.25, -0.2) is 0 Å². The number of anilines is 1. The van der Waals surface area contributed by atoms with Gasteiger partial charge in [-0.15, -0.1) is 10.2 Å². The van der Waals surface area contributed by atoms with E-state index in [4.69, 9.17) is 0 Å². The predicted molar refractivity (Wildman–Crippen MR) is 88.6 cm³/mol. The average Bonchev–Trinajstić information content (AvgIpc) is 2.99. The lowest BCUT2D eigenvalue weighted by molar-refractivity contribution is -0.128. The van der Waals surface area contributed by atoms with E-state index in [2.05, 4.69) is 15.1 Å². The highest BCUT2D eigenvalue weighted by molar-refractivity contribution is 7.99. The maximum absolute atomic E-state index is 12.3. The number of rotatable bonds is 4. The summed E-state index contributed by atoms with van der Waals surface area (Å²) in [5.74, 6) is 0.776. The summed E-state index contributed by atoms with van der Waals surface area (Å²) in [6.45, 7) is 3.01. The zero-order valence-electron chi connectivity index (χ0n) is 12.9. The molecule has 0 saturated carbocycles. The Morgan fingerprint density at radius 1 is 1.22 bits per heavy atom. The van der Waals surface area contributed by atoms with Crippen LogP contribution in [0.1, 0.15) is 0 Å². The molecule has 8 heteroatoms. The molecule has 0 bridgehead atoms. The number of carbonyl (C=O) groups excluding carboxylic acids is 1. The molecule has 2 aromatic rings. The van der Waals surface area contributed by atoms with Crippen LogP contribution in [0, 0.1) is 0 Å². The second-order valence-electron chi connectivity index (χ2n) is 5.40. The molecule has 1 aromatic carbocycles. The second kappa shape index (κ2) is 6.91. The monoisotopic (exact) mass is 333 g/mol. The average molecular weight is 333 g/mol. The van der Waals surface area contributed by atoms with E-state index >= 15 is 0 Å². The third-order valence-corrected chi connectivity index (χ3v) is 4.86. The van der Waals surface area contributed by atoms with Crippen molar-refractivity contribution >= 4 is 23.4 Å². The van der Waals surface area contributed by atoms with E-state index in [-0.39, 0.29) is 11.7 Å². The number of carbonyl (C=O) groups is 1. The molecule has 0 atom stereocenters. The van der Waals surface area contributed by atoms with E-state index in [1.165, 1.54) is 11.8 Å². The van der Waals surface area contributed by atoms with E-state index < -0.39 is 0 Å². The summed E-state index contributed by atoms with van der Waals surface area (Å²) in [5, 5.41) is 17.9. The van der Waals surface area contributed by atoms with Crippen molar-refractivity contribution in [2.75, 3.05) is 36.8 Å². The lowest BCUT2D eigenvalue weighted by Crippen LogP contribution is -2.49. The summed E-state index contributed by atoms with van der Waals surface area (Å²) in [7, 11) is 1.86. The van der Waals surface area contributed by atoms with Gasteiger partial charge >= 0.3 is 0 Å². The summed E-state index contributed by atoms with van der Waals surface area (Å²) in [4.78, 5) is 16.4. The number of benzene rings is 1. The molecule has 23 heavy (non-hydrogen) atoms. The molecule has 0 aliphatic carbocycles. The quantitative estimate of drug-likeness (QED) is 0.840. The van der Waals surface area contributed by atoms with Gasteiger partial charge in [-0.1, -0.05) is 11.8 Å². The van der Waals surface area contributed by atoms with Crippen LogP contribution in [0.25, 0.3) is 0 Å². The first kappa shape index (κ1) is 15.7. The Hall–Kier alpha value is -2.22. The van der Waals surface area contributed by atoms with Crippen molar-refractivity contribution in [1.82, 2.24) is 19.7 Å². The van der Waals surface area contributed by atoms with Crippen LogP contribution in [0.4, 0.5) is 5.69 Å². The van der Waals surface area contributed by atoms with Gasteiger partial charge in [0.05, 0.1) is 5.75 Å². The smallest absolute Gasteiger partial charge is 0.233 e. The molecule has 1 fully saturated rings. The van der Waals surface area contributed by atoms with Crippen molar-refractivity contribution in [3.05, 3.63) is 30.6 Å². The molecule has 1 amide bonds. The fourth-order valence-corrected chi connectivity index (χ4v) is 3.29. The standard InChI is InChI=1S/C15H19N5O2S/c1-18-11-16-17-15(18)23-10-14(22)20-8-6-19(7-9-20)12-2-4-13(21)5-3-12/h2-5,11,21H,6-10H2,1H3. The van der Waals surface area contributed by atoms with Crippen LogP contribution >= 0.6 is 11.8 Å². The zero-order valence-corrected chi connectivity index (χ0v) is 13.7. The molecule has 0 radical (unpaired) electrons. The van der Waals surface area contributed by atoms with Crippen molar-refractivity contribution in [3.8, 4) is 5.75 Å². The SMILES string of the molecule is Cn1cnnc1SCC(=O)N1CCN(c2ccc(O)cc2)CC1. The van der Waals surface area contributed by atoms with Gasteiger partial charge in [-0.05, 0) is 24.3 Å². The van der Waals surface area contributed by atoms with Gasteiger partial charge in [0, 0.05) is 38.9 Å². The highest BCUT2D eigenvalue weighted by Gasteiger charge is 2.21. The van der Waals surface area contributed by atoms with E-state index in [9.17, 15) is 9.90 Å². The van der Waals surface area contributed by atoms with Crippen LogP contribution in [-0.4, -0.2) is 62.6 Å². The molecule has 0 spiro atoms. The fourth-order valence-electron chi connectivity index (χ4n) is 2.50. The van der Waals surface area contributed by atoms with Gasteiger partial charge in [-0.2, -0.15) is 0 Å². The van der Waals surface area contributed by atoms with Crippen LogP contribution in [0.5, 0.6) is 5.75 Å². The first-order valence-electron chi connectivity index (χ1n) is 7.42. The molecule has 1 aliphatic heterocycles. The largest absolute Gasteiger partial charge is 0.508 e. The summed E-state index contributed by atoms with van der Waals surface area (Å²) in [5.41, 5.74) is 1.07. The number of aromatic hydroxyl groups is 1. The highest BCUT2D eigenvalue weighted by atomic mass is 32.2. The number of piperazine rings is 1. The van der Waals surface area contributed by atoms with Crippen LogP contribution in [0.15, 0.2) is 35.7 Å². The lowest BCUT2D eigenvalue weighted by atomic mass is 10.2. The topological polar surface area (TPSA) is 74.5 Å². The molecular weight excluding hydrogens is 314 g/mol. The maximum Gasteiger partial charge on any atom is 0.233 e. The number of thioether (sulfide) groups is 1. The normalized spacial score (nSPS) is 15.0. The van der Waals surface area contributed by atoms with E-state index in [0.717, 1.165) is 23.9 Å². The Labute approximate surface area is 138 Å². The number of nitrogens with zero attached hydrogens (tertiary/aromatic N) is 5. The Balaban J connectivity index is 1.49. The van der Waals surface area contributed by atoms with Crippen LogP contribution in [-0.2, 0) is 11.8 Å². The second-order valence-corrected chi connectivity index (χ2v) is 6.34. The summed E-state index contributed by atoms with van der Waals surface area (Å²) >= 11 is 1.41. The van der Waals surface area contributed by atoms with Crippen LogP contribution in [0.3, 0.4) is 0 Å². The molecule has 2 heterocycles. The number of phenols is 1. The Morgan fingerprint density at radius 2 is 1.91 bits per heavy atom. The van der Waals surface area contributed by atoms with Crippen molar-refractivity contribution in [3.63, 3.8) is 0 Å². The first-order valence-corrected chi connectivity index (χ1v) is 8.40. The van der Waals surface area contributed by atoms with Gasteiger partial charge < -0.3 is 19.5 Å². The van der Waals surface area contributed by atoms with Crippen LogP contribution < -0.4 is 4.90 Å². The van der Waals surface area contributed by atoms with E-state index in [1.54, 1.807) is 23.0 Å². The Bertz CT molecular complexity index is 665. The molecule has 1 saturated heterocycles. The number of amides is 1. The number of aromatic nitrogens is 3. The van der Waals surface area contributed by atoms with Gasteiger partial charge in [-0.3, -0.25) is 4.79 Å². The van der Waals surface area contributed by atoms with Gasteiger partial charge in [0.25, 0.3) is 0 Å². The lowest BCUT2D eigenvalue weighted by Gasteiger charge is -2.36.